The summed E-state index contributed by atoms with van der Waals surface area (Å²) in [7, 11) is 0. The van der Waals surface area contributed by atoms with E-state index in [1.807, 2.05) is 11.8 Å². The summed E-state index contributed by atoms with van der Waals surface area (Å²) in [6.45, 7) is 2.12. The number of aromatic amines is 1. The first-order valence-electron chi connectivity index (χ1n) is 7.40. The van der Waals surface area contributed by atoms with Gasteiger partial charge >= 0.3 is 0 Å². The van der Waals surface area contributed by atoms with Crippen LogP contribution in [0.25, 0.3) is 11.0 Å². The van der Waals surface area contributed by atoms with Crippen LogP contribution in [0.3, 0.4) is 0 Å². The van der Waals surface area contributed by atoms with E-state index in [0.717, 1.165) is 16.6 Å². The van der Waals surface area contributed by atoms with Gasteiger partial charge in [-0.25, -0.2) is 4.98 Å². The van der Waals surface area contributed by atoms with E-state index in [4.69, 9.17) is 0 Å². The van der Waals surface area contributed by atoms with E-state index in [9.17, 15) is 0 Å². The third-order valence-electron chi connectivity index (χ3n) is 4.11. The Bertz CT molecular complexity index is 541. The van der Waals surface area contributed by atoms with Crippen LogP contribution in [0.5, 0.6) is 0 Å². The van der Waals surface area contributed by atoms with Gasteiger partial charge in [0.15, 0.2) is 5.16 Å². The molecule has 1 heterocycles. The number of hydrogen-bond donors (Lipinski definition) is 1. The number of thioether (sulfide) groups is 1. The van der Waals surface area contributed by atoms with Crippen molar-refractivity contribution in [1.29, 1.82) is 0 Å². The van der Waals surface area contributed by atoms with E-state index in [1.54, 1.807) is 0 Å². The number of rotatable bonds is 4. The lowest BCUT2D eigenvalue weighted by Gasteiger charge is -2.20. The summed E-state index contributed by atoms with van der Waals surface area (Å²) in [5.74, 6) is 2.16. The predicted octanol–water partition coefficient (Wildman–Crippen LogP) is 4.93. The van der Waals surface area contributed by atoms with Gasteiger partial charge in [0.2, 0.25) is 0 Å². The van der Waals surface area contributed by atoms with Gasteiger partial charge in [0.1, 0.15) is 0 Å². The fourth-order valence-electron chi connectivity index (χ4n) is 2.97. The summed E-state index contributed by atoms with van der Waals surface area (Å²) < 4.78 is 0. The summed E-state index contributed by atoms with van der Waals surface area (Å²) in [6, 6.07) is 6.40. The van der Waals surface area contributed by atoms with Crippen molar-refractivity contribution in [3.63, 3.8) is 0 Å². The minimum Gasteiger partial charge on any atom is -0.333 e. The standard InChI is InChI=1S/C16H22N2S/c1-12-7-8-14-15(11-12)18-16(17-14)19-10-9-13-5-3-2-4-6-13/h7-8,11,13H,2-6,9-10H2,1H3,(H,17,18). The number of hydrogen-bond acceptors (Lipinski definition) is 2. The zero-order chi connectivity index (χ0) is 13.1. The van der Waals surface area contributed by atoms with Gasteiger partial charge in [-0.1, -0.05) is 49.9 Å². The Hall–Kier alpha value is -0.960. The molecule has 1 aromatic heterocycles. The third-order valence-corrected chi connectivity index (χ3v) is 5.01. The Morgan fingerprint density at radius 3 is 2.95 bits per heavy atom. The molecule has 1 N–H and O–H groups in total. The number of nitrogens with one attached hydrogen (secondary N) is 1. The molecule has 0 saturated heterocycles. The van der Waals surface area contributed by atoms with Gasteiger partial charge in [-0.05, 0) is 37.0 Å². The highest BCUT2D eigenvalue weighted by Crippen LogP contribution is 2.29. The molecule has 1 aliphatic rings. The molecule has 0 spiro atoms. The highest BCUT2D eigenvalue weighted by Gasteiger charge is 2.13. The van der Waals surface area contributed by atoms with E-state index in [-0.39, 0.29) is 0 Å². The summed E-state index contributed by atoms with van der Waals surface area (Å²) in [5, 5.41) is 1.08. The van der Waals surface area contributed by atoms with Crippen molar-refractivity contribution >= 4 is 22.8 Å². The molecule has 1 saturated carbocycles. The third kappa shape index (κ3) is 3.33. The molecule has 0 aliphatic heterocycles. The van der Waals surface area contributed by atoms with Crippen molar-refractivity contribution < 1.29 is 0 Å². The van der Waals surface area contributed by atoms with Crippen molar-refractivity contribution in [3.8, 4) is 0 Å². The summed E-state index contributed by atoms with van der Waals surface area (Å²) in [4.78, 5) is 8.07. The minimum atomic E-state index is 0.966. The molecule has 0 amide bonds. The quantitative estimate of drug-likeness (QED) is 0.800. The van der Waals surface area contributed by atoms with Crippen molar-refractivity contribution in [2.75, 3.05) is 5.75 Å². The van der Waals surface area contributed by atoms with Crippen molar-refractivity contribution in [3.05, 3.63) is 23.8 Å². The Kier molecular flexibility index (Phi) is 4.12. The first-order chi connectivity index (χ1) is 9.31. The van der Waals surface area contributed by atoms with Crippen molar-refractivity contribution in [2.45, 2.75) is 50.6 Å². The van der Waals surface area contributed by atoms with Crippen LogP contribution in [0.4, 0.5) is 0 Å². The van der Waals surface area contributed by atoms with E-state index in [2.05, 4.69) is 35.1 Å². The van der Waals surface area contributed by atoms with Gasteiger partial charge < -0.3 is 4.98 Å². The van der Waals surface area contributed by atoms with Crippen LogP contribution in [0.1, 0.15) is 44.1 Å². The summed E-state index contributed by atoms with van der Waals surface area (Å²) in [5.41, 5.74) is 3.54. The molecule has 0 atom stereocenters. The smallest absolute Gasteiger partial charge is 0.166 e. The lowest BCUT2D eigenvalue weighted by Crippen LogP contribution is -2.06. The Labute approximate surface area is 119 Å². The molecule has 2 nitrogen and oxygen atoms in total. The van der Waals surface area contributed by atoms with Crippen molar-refractivity contribution in [1.82, 2.24) is 9.97 Å². The largest absolute Gasteiger partial charge is 0.333 e. The van der Waals surface area contributed by atoms with Crippen LogP contribution in [0.2, 0.25) is 0 Å². The number of imidazole rings is 1. The maximum Gasteiger partial charge on any atom is 0.166 e. The van der Waals surface area contributed by atoms with E-state index in [1.165, 1.54) is 55.4 Å². The molecular weight excluding hydrogens is 252 g/mol. The molecule has 19 heavy (non-hydrogen) atoms. The topological polar surface area (TPSA) is 28.7 Å². The molecule has 3 rings (SSSR count). The minimum absolute atomic E-state index is 0.966. The molecule has 1 aliphatic carbocycles. The van der Waals surface area contributed by atoms with Gasteiger partial charge in [-0.15, -0.1) is 0 Å². The Morgan fingerprint density at radius 1 is 1.26 bits per heavy atom. The molecule has 1 aromatic carbocycles. The van der Waals surface area contributed by atoms with Crippen LogP contribution in [-0.2, 0) is 0 Å². The van der Waals surface area contributed by atoms with Crippen LogP contribution in [-0.4, -0.2) is 15.7 Å². The van der Waals surface area contributed by atoms with Gasteiger partial charge in [0.25, 0.3) is 0 Å². The fraction of sp³-hybridized carbons (Fsp3) is 0.562. The number of benzene rings is 1. The molecule has 2 aromatic rings. The second-order valence-corrected chi connectivity index (χ2v) is 6.79. The molecular formula is C16H22N2S. The monoisotopic (exact) mass is 274 g/mol. The fourth-order valence-corrected chi connectivity index (χ4v) is 3.96. The number of nitrogens with zero attached hydrogens (tertiary/aromatic N) is 1. The maximum absolute atomic E-state index is 4.64. The average Bonchev–Trinajstić information content (AvgIpc) is 2.82. The molecule has 102 valence electrons. The first kappa shape index (κ1) is 13.0. The van der Waals surface area contributed by atoms with Crippen LogP contribution < -0.4 is 0 Å². The van der Waals surface area contributed by atoms with Gasteiger partial charge in [0, 0.05) is 5.75 Å². The highest BCUT2D eigenvalue weighted by atomic mass is 32.2. The lowest BCUT2D eigenvalue weighted by atomic mass is 9.88. The molecule has 0 bridgehead atoms. The molecule has 3 heteroatoms. The van der Waals surface area contributed by atoms with Crippen LogP contribution in [0.15, 0.2) is 23.4 Å². The second-order valence-electron chi connectivity index (χ2n) is 5.70. The Morgan fingerprint density at radius 2 is 2.11 bits per heavy atom. The van der Waals surface area contributed by atoms with E-state index < -0.39 is 0 Å². The zero-order valence-corrected chi connectivity index (χ0v) is 12.4. The predicted molar refractivity (Wildman–Crippen MR) is 82.7 cm³/mol. The van der Waals surface area contributed by atoms with E-state index >= 15 is 0 Å². The number of aromatic nitrogens is 2. The number of aryl methyl sites for hydroxylation is 1. The molecule has 1 fully saturated rings. The summed E-state index contributed by atoms with van der Waals surface area (Å²) >= 11 is 1.88. The van der Waals surface area contributed by atoms with Crippen molar-refractivity contribution in [2.24, 2.45) is 5.92 Å². The van der Waals surface area contributed by atoms with Gasteiger partial charge in [0.05, 0.1) is 11.0 Å². The number of fused-ring (bicyclic) bond motifs is 1. The molecule has 0 unspecified atom stereocenters. The summed E-state index contributed by atoms with van der Waals surface area (Å²) in [6.07, 6.45) is 8.57. The SMILES string of the molecule is Cc1ccc2nc(SCCC3CCCCC3)[nH]c2c1. The highest BCUT2D eigenvalue weighted by molar-refractivity contribution is 7.99. The average molecular weight is 274 g/mol. The van der Waals surface area contributed by atoms with E-state index in [0.29, 0.717) is 0 Å². The Balaban J connectivity index is 1.56. The van der Waals surface area contributed by atoms with Crippen LogP contribution >= 0.6 is 11.8 Å². The first-order valence-corrected chi connectivity index (χ1v) is 8.39. The van der Waals surface area contributed by atoms with Gasteiger partial charge in [-0.3, -0.25) is 0 Å². The van der Waals surface area contributed by atoms with Crippen LogP contribution in [0, 0.1) is 12.8 Å². The maximum atomic E-state index is 4.64. The second kappa shape index (κ2) is 6.00. The molecule has 0 radical (unpaired) electrons. The van der Waals surface area contributed by atoms with Gasteiger partial charge in [-0.2, -0.15) is 0 Å². The lowest BCUT2D eigenvalue weighted by molar-refractivity contribution is 0.351. The normalized spacial score (nSPS) is 17.1. The number of H-pyrrole nitrogens is 1. The zero-order valence-electron chi connectivity index (χ0n) is 11.6.